The number of amides is 1. The number of hydrogen-bond acceptors (Lipinski definition) is 3. The van der Waals surface area contributed by atoms with Crippen LogP contribution < -0.4 is 10.6 Å². The minimum atomic E-state index is 0. The lowest BCUT2D eigenvalue weighted by atomic mass is 9.58. The number of guanidine groups is 1. The number of carbonyl (C=O) groups is 1. The molecule has 0 radical (unpaired) electrons. The summed E-state index contributed by atoms with van der Waals surface area (Å²) in [5.74, 6) is 1.10. The number of benzene rings is 1. The van der Waals surface area contributed by atoms with Crippen LogP contribution in [0.2, 0.25) is 0 Å². The van der Waals surface area contributed by atoms with Crippen molar-refractivity contribution in [3.63, 3.8) is 0 Å². The number of rotatable bonds is 9. The largest absolute Gasteiger partial charge is 0.378 e. The third-order valence-corrected chi connectivity index (χ3v) is 7.00. The molecular weight excluding hydrogens is 503 g/mol. The molecule has 1 aromatic carbocycles. The second-order valence-corrected chi connectivity index (χ2v) is 8.48. The summed E-state index contributed by atoms with van der Waals surface area (Å²) in [5.41, 5.74) is 2.55. The zero-order valence-electron chi connectivity index (χ0n) is 19.4. The van der Waals surface area contributed by atoms with E-state index in [0.29, 0.717) is 31.7 Å². The average Bonchev–Trinajstić information content (AvgIpc) is 3.15. The summed E-state index contributed by atoms with van der Waals surface area (Å²) in [6.45, 7) is 9.64. The Bertz CT molecular complexity index is 751. The Kier molecular flexibility index (Phi) is 10.1. The van der Waals surface area contributed by atoms with E-state index < -0.39 is 0 Å². The molecule has 174 valence electrons. The van der Waals surface area contributed by atoms with E-state index in [0.717, 1.165) is 44.8 Å². The van der Waals surface area contributed by atoms with Crippen molar-refractivity contribution in [3.05, 3.63) is 35.4 Å². The van der Waals surface area contributed by atoms with Crippen LogP contribution in [0.15, 0.2) is 29.3 Å². The molecule has 2 N–H and O–H groups in total. The van der Waals surface area contributed by atoms with Crippen LogP contribution >= 0.6 is 24.0 Å². The van der Waals surface area contributed by atoms with Gasteiger partial charge in [0.05, 0.1) is 6.10 Å². The summed E-state index contributed by atoms with van der Waals surface area (Å²) in [5, 5.41) is 7.10. The fraction of sp³-hybridized carbons (Fsp3) is 0.667. The lowest BCUT2D eigenvalue weighted by Gasteiger charge is -2.55. The minimum absolute atomic E-state index is 0. The topological polar surface area (TPSA) is 66.0 Å². The predicted molar refractivity (Wildman–Crippen MR) is 137 cm³/mol. The quantitative estimate of drug-likeness (QED) is 0.281. The van der Waals surface area contributed by atoms with Gasteiger partial charge >= 0.3 is 0 Å². The Balaban J connectivity index is 0.00000341. The standard InChI is InChI=1S/C24H38N4O2.HI/c1-5-24(6-2)20(15-21(24)30-7-3)27-23(25-4)26-16-18-10-8-11-19(14-18)17-28-13-9-12-22(28)29;/h8,10-11,14,20-21H,5-7,9,12-13,15-17H2,1-4H3,(H2,25,26,27);1H. The van der Waals surface area contributed by atoms with Gasteiger partial charge in [0.25, 0.3) is 0 Å². The van der Waals surface area contributed by atoms with Crippen molar-refractivity contribution in [2.75, 3.05) is 20.2 Å². The third kappa shape index (κ3) is 5.92. The van der Waals surface area contributed by atoms with Gasteiger partial charge < -0.3 is 20.3 Å². The van der Waals surface area contributed by atoms with Crippen LogP contribution in [-0.2, 0) is 22.6 Å². The molecule has 1 aliphatic carbocycles. The highest BCUT2D eigenvalue weighted by Gasteiger charge is 2.53. The summed E-state index contributed by atoms with van der Waals surface area (Å²) in [7, 11) is 1.82. The molecule has 1 saturated heterocycles. The first-order valence-electron chi connectivity index (χ1n) is 11.5. The second-order valence-electron chi connectivity index (χ2n) is 8.48. The molecule has 1 heterocycles. The van der Waals surface area contributed by atoms with E-state index in [1.54, 1.807) is 0 Å². The van der Waals surface area contributed by atoms with Gasteiger partial charge in [-0.2, -0.15) is 0 Å². The molecule has 0 aromatic heterocycles. The molecule has 1 aliphatic heterocycles. The number of ether oxygens (including phenoxy) is 1. The maximum Gasteiger partial charge on any atom is 0.222 e. The highest BCUT2D eigenvalue weighted by atomic mass is 127. The first kappa shape index (κ1) is 25.9. The number of nitrogens with one attached hydrogen (secondary N) is 2. The van der Waals surface area contributed by atoms with Gasteiger partial charge in [-0.1, -0.05) is 38.1 Å². The zero-order chi connectivity index (χ0) is 21.6. The van der Waals surface area contributed by atoms with Crippen LogP contribution in [0.5, 0.6) is 0 Å². The normalized spacial score (nSPS) is 22.6. The molecular formula is C24H39IN4O2. The van der Waals surface area contributed by atoms with Crippen LogP contribution in [0.1, 0.15) is 64.0 Å². The first-order valence-corrected chi connectivity index (χ1v) is 11.5. The fourth-order valence-electron chi connectivity index (χ4n) is 5.06. The lowest BCUT2D eigenvalue weighted by Crippen LogP contribution is -2.65. The summed E-state index contributed by atoms with van der Waals surface area (Å²) >= 11 is 0. The Hall–Kier alpha value is -1.35. The maximum atomic E-state index is 11.9. The molecule has 0 spiro atoms. The maximum absolute atomic E-state index is 11.9. The first-order chi connectivity index (χ1) is 14.6. The SMILES string of the molecule is CCOC1CC(NC(=NC)NCc2cccc(CN3CCCC3=O)c2)C1(CC)CC.I. The Morgan fingerprint density at radius 1 is 1.26 bits per heavy atom. The molecule has 6 nitrogen and oxygen atoms in total. The number of carbonyl (C=O) groups excluding carboxylic acids is 1. The van der Waals surface area contributed by atoms with E-state index in [1.807, 2.05) is 11.9 Å². The van der Waals surface area contributed by atoms with E-state index in [2.05, 4.69) is 60.7 Å². The van der Waals surface area contributed by atoms with Crippen LogP contribution in [0, 0.1) is 5.41 Å². The Morgan fingerprint density at radius 3 is 2.61 bits per heavy atom. The Labute approximate surface area is 204 Å². The van der Waals surface area contributed by atoms with Crippen molar-refractivity contribution in [1.29, 1.82) is 0 Å². The van der Waals surface area contributed by atoms with Crippen molar-refractivity contribution < 1.29 is 9.53 Å². The number of hydrogen-bond donors (Lipinski definition) is 2. The minimum Gasteiger partial charge on any atom is -0.378 e. The number of likely N-dealkylation sites (tertiary alicyclic amines) is 1. The van der Waals surface area contributed by atoms with Crippen LogP contribution in [-0.4, -0.2) is 49.1 Å². The van der Waals surface area contributed by atoms with Gasteiger partial charge in [-0.15, -0.1) is 24.0 Å². The van der Waals surface area contributed by atoms with Crippen LogP contribution in [0.3, 0.4) is 0 Å². The molecule has 2 fully saturated rings. The monoisotopic (exact) mass is 542 g/mol. The molecule has 0 bridgehead atoms. The molecule has 31 heavy (non-hydrogen) atoms. The Morgan fingerprint density at radius 2 is 2.00 bits per heavy atom. The van der Waals surface area contributed by atoms with E-state index >= 15 is 0 Å². The molecule has 3 rings (SSSR count). The van der Waals surface area contributed by atoms with Crippen molar-refractivity contribution >= 4 is 35.8 Å². The molecule has 1 amide bonds. The van der Waals surface area contributed by atoms with E-state index in [9.17, 15) is 4.79 Å². The number of halogens is 1. The van der Waals surface area contributed by atoms with Gasteiger partial charge in [0.2, 0.25) is 5.91 Å². The molecule has 2 atom stereocenters. The average molecular weight is 543 g/mol. The van der Waals surface area contributed by atoms with Gasteiger partial charge in [0, 0.05) is 51.2 Å². The third-order valence-electron chi connectivity index (χ3n) is 7.00. The molecule has 1 aromatic rings. The predicted octanol–water partition coefficient (Wildman–Crippen LogP) is 4.08. The number of nitrogens with zero attached hydrogens (tertiary/aromatic N) is 2. The lowest BCUT2D eigenvalue weighted by molar-refractivity contribution is -0.133. The smallest absolute Gasteiger partial charge is 0.222 e. The molecule has 2 aliphatic rings. The van der Waals surface area contributed by atoms with E-state index in [-0.39, 0.29) is 35.3 Å². The van der Waals surface area contributed by atoms with Crippen molar-refractivity contribution in [2.24, 2.45) is 10.4 Å². The van der Waals surface area contributed by atoms with Gasteiger partial charge in [-0.25, -0.2) is 0 Å². The molecule has 1 saturated carbocycles. The molecule has 7 heteroatoms. The number of aliphatic imine (C=N–C) groups is 1. The second kappa shape index (κ2) is 12.0. The molecule has 2 unspecified atom stereocenters. The van der Waals surface area contributed by atoms with Crippen LogP contribution in [0.25, 0.3) is 0 Å². The van der Waals surface area contributed by atoms with Crippen molar-refractivity contribution in [1.82, 2.24) is 15.5 Å². The van der Waals surface area contributed by atoms with E-state index in [4.69, 9.17) is 4.74 Å². The fourth-order valence-corrected chi connectivity index (χ4v) is 5.06. The van der Waals surface area contributed by atoms with Crippen molar-refractivity contribution in [3.8, 4) is 0 Å². The van der Waals surface area contributed by atoms with Crippen LogP contribution in [0.4, 0.5) is 0 Å². The van der Waals surface area contributed by atoms with Crippen molar-refractivity contribution in [2.45, 2.75) is 78.1 Å². The summed E-state index contributed by atoms with van der Waals surface area (Å²) in [4.78, 5) is 18.3. The highest BCUT2D eigenvalue weighted by Crippen LogP contribution is 2.48. The zero-order valence-corrected chi connectivity index (χ0v) is 21.8. The van der Waals surface area contributed by atoms with Gasteiger partial charge in [0.15, 0.2) is 5.96 Å². The summed E-state index contributed by atoms with van der Waals surface area (Å²) in [6.07, 6.45) is 5.21. The highest BCUT2D eigenvalue weighted by molar-refractivity contribution is 14.0. The van der Waals surface area contributed by atoms with Gasteiger partial charge in [-0.05, 0) is 43.7 Å². The van der Waals surface area contributed by atoms with E-state index in [1.165, 1.54) is 11.1 Å². The summed E-state index contributed by atoms with van der Waals surface area (Å²) in [6, 6.07) is 8.85. The van der Waals surface area contributed by atoms with Gasteiger partial charge in [0.1, 0.15) is 0 Å². The summed E-state index contributed by atoms with van der Waals surface area (Å²) < 4.78 is 6.00. The van der Waals surface area contributed by atoms with Gasteiger partial charge in [-0.3, -0.25) is 9.79 Å².